The number of dihydropyridines is 1. The molecule has 0 aromatic heterocycles. The van der Waals surface area contributed by atoms with Crippen LogP contribution in [0.5, 0.6) is 0 Å². The van der Waals surface area contributed by atoms with Crippen molar-refractivity contribution in [2.75, 3.05) is 6.61 Å². The molecule has 1 aliphatic rings. The van der Waals surface area contributed by atoms with E-state index in [-0.39, 0.29) is 22.2 Å². The third-order valence-corrected chi connectivity index (χ3v) is 4.83. The van der Waals surface area contributed by atoms with Gasteiger partial charge in [0.25, 0.3) is 0 Å². The van der Waals surface area contributed by atoms with Crippen LogP contribution >= 0.6 is 15.9 Å². The zero-order chi connectivity index (χ0) is 21.0. The lowest BCUT2D eigenvalue weighted by Gasteiger charge is -2.29. The number of esters is 1. The lowest BCUT2D eigenvalue weighted by Crippen LogP contribution is -2.31. The lowest BCUT2D eigenvalue weighted by molar-refractivity contribution is -0.137. The molecule has 2 rings (SSSR count). The molecule has 8 heteroatoms. The maximum Gasteiger partial charge on any atom is 0.345 e. The van der Waals surface area contributed by atoms with E-state index in [2.05, 4.69) is 21.2 Å². The van der Waals surface area contributed by atoms with Crippen molar-refractivity contribution in [1.82, 2.24) is 5.32 Å². The fourth-order valence-corrected chi connectivity index (χ4v) is 3.53. The highest BCUT2D eigenvalue weighted by Gasteiger charge is 2.37. The molecule has 1 aromatic carbocycles. The molecule has 0 fully saturated rings. The van der Waals surface area contributed by atoms with Crippen molar-refractivity contribution in [3.8, 4) is 0 Å². The second kappa shape index (κ2) is 8.88. The summed E-state index contributed by atoms with van der Waals surface area (Å²) < 4.78 is 5.09. The minimum absolute atomic E-state index is 0.0592. The molecule has 1 aliphatic heterocycles. The van der Waals surface area contributed by atoms with E-state index in [9.17, 15) is 24.6 Å². The quantitative estimate of drug-likeness (QED) is 0.450. The van der Waals surface area contributed by atoms with Crippen LogP contribution in [0, 0.1) is 0 Å². The summed E-state index contributed by atoms with van der Waals surface area (Å²) >= 11 is 3.17. The van der Waals surface area contributed by atoms with Gasteiger partial charge in [0.15, 0.2) is 0 Å². The van der Waals surface area contributed by atoms with Crippen LogP contribution < -0.4 is 5.32 Å². The topological polar surface area (TPSA) is 113 Å². The van der Waals surface area contributed by atoms with Crippen molar-refractivity contribution in [3.05, 3.63) is 62.4 Å². The van der Waals surface area contributed by atoms with E-state index in [0.29, 0.717) is 22.5 Å². The second-order valence-corrected chi connectivity index (χ2v) is 6.94. The van der Waals surface area contributed by atoms with Gasteiger partial charge in [0.05, 0.1) is 23.7 Å². The molecule has 0 unspecified atom stereocenters. The molecule has 0 saturated heterocycles. The normalized spacial score (nSPS) is 15.4. The van der Waals surface area contributed by atoms with Crippen LogP contribution in [0.1, 0.15) is 37.8 Å². The summed E-state index contributed by atoms with van der Waals surface area (Å²) in [6, 6.07) is 6.74. The molecule has 1 aromatic rings. The highest BCUT2D eigenvalue weighted by molar-refractivity contribution is 9.12. The van der Waals surface area contributed by atoms with Crippen LogP contribution in [0.4, 0.5) is 0 Å². The van der Waals surface area contributed by atoms with E-state index >= 15 is 0 Å². The number of rotatable bonds is 6. The molecular formula is C20H20BrNO6. The molecule has 0 spiro atoms. The number of hydrogen-bond donors (Lipinski definition) is 3. The van der Waals surface area contributed by atoms with Gasteiger partial charge in [-0.05, 0) is 53.9 Å². The molecule has 3 N–H and O–H groups in total. The Morgan fingerprint density at radius 2 is 1.64 bits per heavy atom. The van der Waals surface area contributed by atoms with Gasteiger partial charge >= 0.3 is 17.9 Å². The van der Waals surface area contributed by atoms with Gasteiger partial charge in [0.2, 0.25) is 0 Å². The second-order valence-electron chi connectivity index (χ2n) is 6.09. The molecule has 7 nitrogen and oxygen atoms in total. The number of ether oxygens (including phenoxy) is 1. The maximum absolute atomic E-state index is 11.9. The van der Waals surface area contributed by atoms with Gasteiger partial charge in [0.1, 0.15) is 4.48 Å². The summed E-state index contributed by atoms with van der Waals surface area (Å²) in [5, 5.41) is 22.3. The molecule has 0 aliphatic carbocycles. The van der Waals surface area contributed by atoms with Gasteiger partial charge in [-0.15, -0.1) is 0 Å². The van der Waals surface area contributed by atoms with Crippen molar-refractivity contribution in [2.24, 2.45) is 0 Å². The Morgan fingerprint density at radius 1 is 1.11 bits per heavy atom. The first kappa shape index (κ1) is 21.4. The predicted octanol–water partition coefficient (Wildman–Crippen LogP) is 3.39. The van der Waals surface area contributed by atoms with E-state index in [1.807, 2.05) is 0 Å². The summed E-state index contributed by atoms with van der Waals surface area (Å²) in [5.74, 6) is -4.02. The molecule has 0 bridgehead atoms. The third-order valence-electron chi connectivity index (χ3n) is 4.28. The summed E-state index contributed by atoms with van der Waals surface area (Å²) in [7, 11) is 0. The number of carboxylic acid groups (broad SMARTS) is 2. The smallest absolute Gasteiger partial charge is 0.345 e. The van der Waals surface area contributed by atoms with Crippen molar-refractivity contribution in [1.29, 1.82) is 0 Å². The Labute approximate surface area is 170 Å². The first-order chi connectivity index (χ1) is 13.2. The van der Waals surface area contributed by atoms with E-state index in [4.69, 9.17) is 4.74 Å². The fourth-order valence-electron chi connectivity index (χ4n) is 3.17. The maximum atomic E-state index is 11.9. The fraction of sp³-hybridized carbons (Fsp3) is 0.250. The van der Waals surface area contributed by atoms with Crippen LogP contribution in [0.3, 0.4) is 0 Å². The lowest BCUT2D eigenvalue weighted by atomic mass is 9.78. The molecule has 1 heterocycles. The average Bonchev–Trinajstić information content (AvgIpc) is 2.60. The Hall–Kier alpha value is -2.87. The van der Waals surface area contributed by atoms with Gasteiger partial charge in [-0.3, -0.25) is 0 Å². The number of carbonyl (C=O) groups excluding carboxylic acids is 1. The van der Waals surface area contributed by atoms with E-state index in [0.717, 1.165) is 0 Å². The number of aliphatic carboxylic acids is 2. The Morgan fingerprint density at radius 3 is 2.14 bits per heavy atom. The summed E-state index contributed by atoms with van der Waals surface area (Å²) in [6.07, 6.45) is 1.50. The zero-order valence-electron chi connectivity index (χ0n) is 15.6. The van der Waals surface area contributed by atoms with Crippen LogP contribution in [0.2, 0.25) is 0 Å². The molecule has 28 heavy (non-hydrogen) atoms. The standard InChI is InChI=1S/C20H20BrNO6/c1-4-28-20(27)14(21)9-12-7-5-6-8-13(12)17-15(18(23)24)10(2)22-11(3)16(17)19(25)26/h5-9,17,22H,4H2,1-3H3,(H,23,24)(H,25,26)/b14-9+. The Bertz CT molecular complexity index is 892. The van der Waals surface area contributed by atoms with Crippen LogP contribution in [-0.4, -0.2) is 34.7 Å². The van der Waals surface area contributed by atoms with Crippen molar-refractivity contribution in [2.45, 2.75) is 26.7 Å². The monoisotopic (exact) mass is 449 g/mol. The van der Waals surface area contributed by atoms with E-state index < -0.39 is 23.8 Å². The van der Waals surface area contributed by atoms with E-state index in [1.165, 1.54) is 6.08 Å². The highest BCUT2D eigenvalue weighted by atomic mass is 79.9. The first-order valence-corrected chi connectivity index (χ1v) is 9.26. The minimum atomic E-state index is -1.22. The summed E-state index contributed by atoms with van der Waals surface area (Å²) in [4.78, 5) is 35.8. The number of carboxylic acids is 2. The van der Waals surface area contributed by atoms with Gasteiger partial charge in [0, 0.05) is 11.4 Å². The van der Waals surface area contributed by atoms with Gasteiger partial charge in [-0.25, -0.2) is 14.4 Å². The molecule has 0 atom stereocenters. The molecule has 0 saturated carbocycles. The number of benzene rings is 1. The zero-order valence-corrected chi connectivity index (χ0v) is 17.2. The summed E-state index contributed by atoms with van der Waals surface area (Å²) in [6.45, 7) is 5.06. The van der Waals surface area contributed by atoms with Crippen molar-refractivity contribution in [3.63, 3.8) is 0 Å². The molecular weight excluding hydrogens is 430 g/mol. The van der Waals surface area contributed by atoms with Gasteiger partial charge in [-0.2, -0.15) is 0 Å². The number of carbonyl (C=O) groups is 3. The largest absolute Gasteiger partial charge is 0.478 e. The van der Waals surface area contributed by atoms with Gasteiger partial charge in [-0.1, -0.05) is 24.3 Å². The van der Waals surface area contributed by atoms with E-state index in [1.54, 1.807) is 45.0 Å². The number of nitrogens with one attached hydrogen (secondary N) is 1. The first-order valence-electron chi connectivity index (χ1n) is 8.47. The van der Waals surface area contributed by atoms with Crippen LogP contribution in [0.25, 0.3) is 6.08 Å². The Balaban J connectivity index is 2.71. The molecule has 148 valence electrons. The van der Waals surface area contributed by atoms with Crippen molar-refractivity contribution >= 4 is 39.9 Å². The minimum Gasteiger partial charge on any atom is -0.478 e. The molecule has 0 radical (unpaired) electrons. The number of hydrogen-bond acceptors (Lipinski definition) is 5. The highest BCUT2D eigenvalue weighted by Crippen LogP contribution is 2.40. The SMILES string of the molecule is CCOC(=O)/C(Br)=C\c1ccccc1C1C(C(=O)O)=C(C)NC(C)=C1C(=O)O. The summed E-state index contributed by atoms with van der Waals surface area (Å²) in [5.41, 5.74) is 1.57. The third kappa shape index (κ3) is 4.33. The van der Waals surface area contributed by atoms with Crippen molar-refractivity contribution < 1.29 is 29.3 Å². The molecule has 0 amide bonds. The van der Waals surface area contributed by atoms with Crippen LogP contribution in [0.15, 0.2) is 51.3 Å². The van der Waals surface area contributed by atoms with Gasteiger partial charge < -0.3 is 20.3 Å². The predicted molar refractivity (Wildman–Crippen MR) is 107 cm³/mol. The number of allylic oxidation sites excluding steroid dienone is 2. The average molecular weight is 450 g/mol. The number of halogens is 1. The van der Waals surface area contributed by atoms with Crippen LogP contribution in [-0.2, 0) is 19.1 Å². The Kier molecular flexibility index (Phi) is 6.80.